The second-order valence-electron chi connectivity index (χ2n) is 4.78. The summed E-state index contributed by atoms with van der Waals surface area (Å²) in [5.74, 6) is 0.965. The maximum absolute atomic E-state index is 11.8. The van der Waals surface area contributed by atoms with Crippen molar-refractivity contribution in [1.82, 2.24) is 19.8 Å². The Labute approximate surface area is 134 Å². The van der Waals surface area contributed by atoms with Crippen molar-refractivity contribution in [3.63, 3.8) is 0 Å². The average Bonchev–Trinajstić information content (AvgIpc) is 2.94. The van der Waals surface area contributed by atoms with E-state index in [-0.39, 0.29) is 11.7 Å². The molecule has 1 heterocycles. The first-order chi connectivity index (χ1) is 10.6. The highest BCUT2D eigenvalue weighted by molar-refractivity contribution is 7.99. The Morgan fingerprint density at radius 2 is 2.18 bits per heavy atom. The molecule has 0 unspecified atom stereocenters. The molecular weight excluding hydrogens is 300 g/mol. The molecule has 118 valence electrons. The zero-order chi connectivity index (χ0) is 16.1. The highest BCUT2D eigenvalue weighted by Crippen LogP contribution is 2.24. The first-order valence-electron chi connectivity index (χ1n) is 7.00. The van der Waals surface area contributed by atoms with E-state index in [1.165, 1.54) is 29.5 Å². The molecule has 0 spiro atoms. The second kappa shape index (κ2) is 7.42. The molecule has 0 aliphatic rings. The van der Waals surface area contributed by atoms with Crippen LogP contribution in [0.2, 0.25) is 0 Å². The van der Waals surface area contributed by atoms with E-state index in [1.807, 2.05) is 36.6 Å². The molecule has 1 amide bonds. The second-order valence-corrected chi connectivity index (χ2v) is 5.72. The van der Waals surface area contributed by atoms with Gasteiger partial charge in [0.1, 0.15) is 0 Å². The zero-order valence-electron chi connectivity index (χ0n) is 13.2. The number of hydrogen-bond acceptors (Lipinski definition) is 5. The summed E-state index contributed by atoms with van der Waals surface area (Å²) < 4.78 is 2.01. The summed E-state index contributed by atoms with van der Waals surface area (Å²) in [6, 6.07) is 8.14. The fraction of sp³-hybridized carbons (Fsp3) is 0.400. The van der Waals surface area contributed by atoms with Gasteiger partial charge in [-0.3, -0.25) is 9.63 Å². The van der Waals surface area contributed by atoms with Crippen LogP contribution in [0.15, 0.2) is 29.4 Å². The lowest BCUT2D eigenvalue weighted by Crippen LogP contribution is -2.27. The molecule has 7 heteroatoms. The summed E-state index contributed by atoms with van der Waals surface area (Å²) in [4.78, 5) is 16.7. The highest BCUT2D eigenvalue weighted by Gasteiger charge is 2.16. The average molecular weight is 320 g/mol. The lowest BCUT2D eigenvalue weighted by molar-refractivity contribution is -0.165. The summed E-state index contributed by atoms with van der Waals surface area (Å²) in [6.45, 7) is 4.83. The SMILES string of the molecule is CCn1c(SCC(=O)N(C)OC)nnc1-c1cccc(C)c1. The third kappa shape index (κ3) is 3.66. The summed E-state index contributed by atoms with van der Waals surface area (Å²) in [5, 5.41) is 10.4. The van der Waals surface area contributed by atoms with Crippen LogP contribution in [-0.4, -0.2) is 45.6 Å². The Bertz CT molecular complexity index is 657. The van der Waals surface area contributed by atoms with Gasteiger partial charge in [-0.2, -0.15) is 0 Å². The zero-order valence-corrected chi connectivity index (χ0v) is 14.1. The number of nitrogens with zero attached hydrogens (tertiary/aromatic N) is 4. The van der Waals surface area contributed by atoms with Crippen LogP contribution in [0.3, 0.4) is 0 Å². The molecule has 0 N–H and O–H groups in total. The van der Waals surface area contributed by atoms with Crippen molar-refractivity contribution in [3.8, 4) is 11.4 Å². The highest BCUT2D eigenvalue weighted by atomic mass is 32.2. The predicted molar refractivity (Wildman–Crippen MR) is 86.4 cm³/mol. The molecule has 22 heavy (non-hydrogen) atoms. The van der Waals surface area contributed by atoms with Gasteiger partial charge >= 0.3 is 0 Å². The lowest BCUT2D eigenvalue weighted by atomic mass is 10.1. The number of benzene rings is 1. The number of aromatic nitrogens is 3. The number of hydrogen-bond donors (Lipinski definition) is 0. The Kier molecular flexibility index (Phi) is 5.57. The Morgan fingerprint density at radius 1 is 1.41 bits per heavy atom. The molecule has 0 saturated carbocycles. The van der Waals surface area contributed by atoms with Crippen molar-refractivity contribution in [2.75, 3.05) is 19.9 Å². The van der Waals surface area contributed by atoms with Crippen LogP contribution in [0, 0.1) is 6.92 Å². The minimum absolute atomic E-state index is 0.116. The number of thioether (sulfide) groups is 1. The van der Waals surface area contributed by atoms with Crippen LogP contribution in [-0.2, 0) is 16.2 Å². The standard InChI is InChI=1S/C15H20N4O2S/c1-5-19-14(12-8-6-7-11(2)9-12)16-17-15(19)22-10-13(20)18(3)21-4/h6-9H,5,10H2,1-4H3. The van der Waals surface area contributed by atoms with Crippen molar-refractivity contribution in [2.24, 2.45) is 0 Å². The minimum atomic E-state index is -0.116. The van der Waals surface area contributed by atoms with Gasteiger partial charge in [0, 0.05) is 19.2 Å². The van der Waals surface area contributed by atoms with Crippen molar-refractivity contribution in [2.45, 2.75) is 25.5 Å². The molecule has 0 radical (unpaired) electrons. The van der Waals surface area contributed by atoms with Gasteiger partial charge in [0.25, 0.3) is 5.91 Å². The van der Waals surface area contributed by atoms with E-state index in [4.69, 9.17) is 4.84 Å². The fourth-order valence-corrected chi connectivity index (χ4v) is 2.90. The topological polar surface area (TPSA) is 60.2 Å². The Hall–Kier alpha value is -1.86. The number of aryl methyl sites for hydroxylation is 1. The van der Waals surface area contributed by atoms with E-state index in [2.05, 4.69) is 16.3 Å². The number of carbonyl (C=O) groups is 1. The molecule has 0 bridgehead atoms. The molecular formula is C15H20N4O2S. The monoisotopic (exact) mass is 320 g/mol. The Balaban J connectivity index is 2.19. The summed E-state index contributed by atoms with van der Waals surface area (Å²) >= 11 is 1.36. The summed E-state index contributed by atoms with van der Waals surface area (Å²) in [5.41, 5.74) is 2.20. The van der Waals surface area contributed by atoms with E-state index in [9.17, 15) is 4.79 Å². The third-order valence-electron chi connectivity index (χ3n) is 3.26. The van der Waals surface area contributed by atoms with Crippen molar-refractivity contribution >= 4 is 17.7 Å². The van der Waals surface area contributed by atoms with Crippen molar-refractivity contribution < 1.29 is 9.63 Å². The van der Waals surface area contributed by atoms with E-state index in [1.54, 1.807) is 7.05 Å². The molecule has 0 atom stereocenters. The summed E-state index contributed by atoms with van der Waals surface area (Å²) in [6.07, 6.45) is 0. The quantitative estimate of drug-likeness (QED) is 0.604. The van der Waals surface area contributed by atoms with Crippen LogP contribution in [0.4, 0.5) is 0 Å². The number of rotatable bonds is 6. The van der Waals surface area contributed by atoms with Crippen LogP contribution in [0.1, 0.15) is 12.5 Å². The maximum Gasteiger partial charge on any atom is 0.256 e. The van der Waals surface area contributed by atoms with E-state index >= 15 is 0 Å². The van der Waals surface area contributed by atoms with E-state index in [0.717, 1.165) is 23.1 Å². The Morgan fingerprint density at radius 3 is 2.82 bits per heavy atom. The van der Waals surface area contributed by atoms with Gasteiger partial charge in [-0.15, -0.1) is 10.2 Å². The molecule has 0 aliphatic heterocycles. The first-order valence-corrected chi connectivity index (χ1v) is 7.99. The van der Waals surface area contributed by atoms with Crippen molar-refractivity contribution in [3.05, 3.63) is 29.8 Å². The van der Waals surface area contributed by atoms with E-state index < -0.39 is 0 Å². The van der Waals surface area contributed by atoms with Gasteiger partial charge in [0.05, 0.1) is 12.9 Å². The third-order valence-corrected chi connectivity index (χ3v) is 4.21. The minimum Gasteiger partial charge on any atom is -0.302 e. The van der Waals surface area contributed by atoms with Gasteiger partial charge in [-0.25, -0.2) is 5.06 Å². The van der Waals surface area contributed by atoms with Crippen LogP contribution in [0.5, 0.6) is 0 Å². The smallest absolute Gasteiger partial charge is 0.256 e. The molecule has 2 rings (SSSR count). The van der Waals surface area contributed by atoms with E-state index in [0.29, 0.717) is 0 Å². The van der Waals surface area contributed by atoms with Gasteiger partial charge < -0.3 is 4.57 Å². The summed E-state index contributed by atoms with van der Waals surface area (Å²) in [7, 11) is 3.05. The molecule has 0 saturated heterocycles. The maximum atomic E-state index is 11.8. The molecule has 0 fully saturated rings. The van der Waals surface area contributed by atoms with Gasteiger partial charge in [0.15, 0.2) is 11.0 Å². The molecule has 2 aromatic rings. The molecule has 1 aromatic heterocycles. The lowest BCUT2D eigenvalue weighted by Gasteiger charge is -2.13. The normalized spacial score (nSPS) is 10.7. The van der Waals surface area contributed by atoms with Gasteiger partial charge in [-0.05, 0) is 19.9 Å². The number of carbonyl (C=O) groups excluding carboxylic acids is 1. The first kappa shape index (κ1) is 16.5. The molecule has 1 aromatic carbocycles. The fourth-order valence-electron chi connectivity index (χ4n) is 2.00. The van der Waals surface area contributed by atoms with Gasteiger partial charge in [0.2, 0.25) is 0 Å². The number of hydroxylamine groups is 2. The van der Waals surface area contributed by atoms with Crippen LogP contribution >= 0.6 is 11.8 Å². The molecule has 0 aliphatic carbocycles. The van der Waals surface area contributed by atoms with Crippen LogP contribution in [0.25, 0.3) is 11.4 Å². The largest absolute Gasteiger partial charge is 0.302 e. The van der Waals surface area contributed by atoms with Crippen LogP contribution < -0.4 is 0 Å². The van der Waals surface area contributed by atoms with Gasteiger partial charge in [-0.1, -0.05) is 35.5 Å². The van der Waals surface area contributed by atoms with Crippen molar-refractivity contribution in [1.29, 1.82) is 0 Å². The molecule has 6 nitrogen and oxygen atoms in total. The predicted octanol–water partition coefficient (Wildman–Crippen LogP) is 2.39. The number of amides is 1.